The number of hydroxylamine groups is 2. The summed E-state index contributed by atoms with van der Waals surface area (Å²) in [5.41, 5.74) is 2.78. The van der Waals surface area contributed by atoms with Gasteiger partial charge in [-0.3, -0.25) is 14.9 Å². The van der Waals surface area contributed by atoms with Gasteiger partial charge in [0.1, 0.15) is 5.75 Å². The molecule has 4 aromatic carbocycles. The lowest BCUT2D eigenvalue weighted by molar-refractivity contribution is -0.121. The van der Waals surface area contributed by atoms with E-state index in [9.17, 15) is 24.7 Å². The van der Waals surface area contributed by atoms with Gasteiger partial charge < -0.3 is 15.3 Å². The van der Waals surface area contributed by atoms with Crippen LogP contribution in [0.2, 0.25) is 10.0 Å². The van der Waals surface area contributed by atoms with Crippen LogP contribution in [0.15, 0.2) is 90.0 Å². The molecule has 11 nitrogen and oxygen atoms in total. The fraction of sp³-hybridized carbons (Fsp3) is 0.235. The first-order chi connectivity index (χ1) is 22.5. The van der Waals surface area contributed by atoms with Crippen LogP contribution in [0.5, 0.6) is 5.75 Å². The number of halogens is 2. The topological polar surface area (TPSA) is 138 Å². The molecule has 1 fully saturated rings. The van der Waals surface area contributed by atoms with Crippen LogP contribution in [0.3, 0.4) is 0 Å². The van der Waals surface area contributed by atoms with E-state index in [2.05, 4.69) is 15.8 Å². The van der Waals surface area contributed by atoms with Crippen LogP contribution in [0.1, 0.15) is 38.7 Å². The van der Waals surface area contributed by atoms with Gasteiger partial charge in [-0.1, -0.05) is 53.5 Å². The minimum absolute atomic E-state index is 0.0504. The lowest BCUT2D eigenvalue weighted by Gasteiger charge is -2.38. The van der Waals surface area contributed by atoms with E-state index in [4.69, 9.17) is 23.2 Å². The summed E-state index contributed by atoms with van der Waals surface area (Å²) in [6.45, 7) is 3.77. The number of phenols is 1. The fourth-order valence-electron chi connectivity index (χ4n) is 5.61. The van der Waals surface area contributed by atoms with Crippen LogP contribution >= 0.6 is 23.2 Å². The lowest BCUT2D eigenvalue weighted by atomic mass is 9.99. The number of carbonyl (C=O) groups is 3. The average Bonchev–Trinajstić information content (AvgIpc) is 3.25. The standard InChI is InChI=1S/C34H34Cl2N6O5/c1-34(2)31(42(47)32(45)38-25-15-11-23(35)12-16-25)41(26-17-13-24(36)14-18-26)33(46)40(34)20-6-5-9-30(44)39-37-21-28-27-8-4-3-7-22(27)10-19-29(28)43/h3-4,7-8,10-19,21,31,43,47H,5-6,9,20H2,1-2H3,(H,38,45)(H,39,44)/b37-21+/t31-/m0/s1. The number of carbonyl (C=O) groups excluding carboxylic acids is 3. The van der Waals surface area contributed by atoms with Gasteiger partial charge in [0.15, 0.2) is 6.17 Å². The molecule has 47 heavy (non-hydrogen) atoms. The number of benzene rings is 4. The quantitative estimate of drug-likeness (QED) is 0.0598. The second kappa shape index (κ2) is 14.3. The summed E-state index contributed by atoms with van der Waals surface area (Å²) >= 11 is 12.0. The Morgan fingerprint density at radius 2 is 1.62 bits per heavy atom. The Bertz CT molecular complexity index is 1800. The van der Waals surface area contributed by atoms with E-state index in [0.717, 1.165) is 10.8 Å². The van der Waals surface area contributed by atoms with Gasteiger partial charge in [-0.2, -0.15) is 10.2 Å². The maximum Gasteiger partial charge on any atom is 0.347 e. The van der Waals surface area contributed by atoms with E-state index >= 15 is 0 Å². The number of unbranched alkanes of at least 4 members (excludes halogenated alkanes) is 1. The van der Waals surface area contributed by atoms with Crippen molar-refractivity contribution in [2.45, 2.75) is 44.8 Å². The Morgan fingerprint density at radius 3 is 2.32 bits per heavy atom. The first-order valence-electron chi connectivity index (χ1n) is 14.9. The molecule has 1 aliphatic heterocycles. The zero-order valence-corrected chi connectivity index (χ0v) is 27.2. The summed E-state index contributed by atoms with van der Waals surface area (Å²) < 4.78 is 0. The van der Waals surface area contributed by atoms with E-state index in [0.29, 0.717) is 44.9 Å². The summed E-state index contributed by atoms with van der Waals surface area (Å²) in [5.74, 6) is -0.275. The number of rotatable bonds is 10. The summed E-state index contributed by atoms with van der Waals surface area (Å²) in [7, 11) is 0. The van der Waals surface area contributed by atoms with Crippen molar-refractivity contribution in [2.24, 2.45) is 5.10 Å². The minimum atomic E-state index is -1.12. The Labute approximate surface area is 281 Å². The number of aromatic hydroxyl groups is 1. The molecule has 0 unspecified atom stereocenters. The average molecular weight is 678 g/mol. The molecule has 0 aromatic heterocycles. The first kappa shape index (κ1) is 33.5. The minimum Gasteiger partial charge on any atom is -0.507 e. The largest absolute Gasteiger partial charge is 0.507 e. The van der Waals surface area contributed by atoms with Gasteiger partial charge in [0.05, 0.1) is 11.8 Å². The maximum absolute atomic E-state index is 13.9. The lowest BCUT2D eigenvalue weighted by Crippen LogP contribution is -2.58. The number of hydrogen-bond donors (Lipinski definition) is 4. The Hall–Kier alpha value is -4.84. The highest BCUT2D eigenvalue weighted by Crippen LogP contribution is 2.38. The Kier molecular flexibility index (Phi) is 10.2. The number of amides is 5. The molecule has 4 aromatic rings. The van der Waals surface area contributed by atoms with Gasteiger partial charge in [0, 0.05) is 39.9 Å². The third-order valence-electron chi connectivity index (χ3n) is 8.02. The predicted octanol–water partition coefficient (Wildman–Crippen LogP) is 7.44. The molecule has 0 aliphatic carbocycles. The Morgan fingerprint density at radius 1 is 0.957 bits per heavy atom. The Balaban J connectivity index is 1.23. The van der Waals surface area contributed by atoms with Gasteiger partial charge in [-0.15, -0.1) is 0 Å². The molecule has 5 rings (SSSR count). The molecule has 5 amide bonds. The maximum atomic E-state index is 13.9. The van der Waals surface area contributed by atoms with Crippen molar-refractivity contribution < 1.29 is 24.7 Å². The fourth-order valence-corrected chi connectivity index (χ4v) is 5.86. The van der Waals surface area contributed by atoms with E-state index in [1.807, 2.05) is 24.3 Å². The van der Waals surface area contributed by atoms with Gasteiger partial charge in [0.2, 0.25) is 5.91 Å². The SMILES string of the molecule is CC1(C)[C@H](N(O)C(=O)Nc2ccc(Cl)cc2)N(c2ccc(Cl)cc2)C(=O)N1CCCCC(=O)N/N=C/c1c(O)ccc2ccccc12. The highest BCUT2D eigenvalue weighted by Gasteiger charge is 2.55. The van der Waals surface area contributed by atoms with Crippen molar-refractivity contribution in [1.82, 2.24) is 15.4 Å². The zero-order valence-electron chi connectivity index (χ0n) is 25.7. The first-order valence-corrected chi connectivity index (χ1v) is 15.7. The molecule has 0 bridgehead atoms. The highest BCUT2D eigenvalue weighted by molar-refractivity contribution is 6.31. The van der Waals surface area contributed by atoms with E-state index in [1.54, 1.807) is 79.4 Å². The van der Waals surface area contributed by atoms with Gasteiger partial charge >= 0.3 is 12.1 Å². The van der Waals surface area contributed by atoms with Gasteiger partial charge in [-0.25, -0.2) is 15.0 Å². The molecule has 1 aliphatic rings. The monoisotopic (exact) mass is 676 g/mol. The molecule has 1 heterocycles. The second-order valence-corrected chi connectivity index (χ2v) is 12.4. The van der Waals surface area contributed by atoms with Crippen LogP contribution < -0.4 is 15.6 Å². The van der Waals surface area contributed by atoms with Gasteiger partial charge in [0.25, 0.3) is 0 Å². The number of hydrogen-bond acceptors (Lipinski definition) is 6. The van der Waals surface area contributed by atoms with Crippen molar-refractivity contribution in [2.75, 3.05) is 16.8 Å². The predicted molar refractivity (Wildman–Crippen MR) is 183 cm³/mol. The molecule has 13 heteroatoms. The van der Waals surface area contributed by atoms with E-state index in [-0.39, 0.29) is 24.6 Å². The summed E-state index contributed by atoms with van der Waals surface area (Å²) in [5, 5.41) is 31.4. The smallest absolute Gasteiger partial charge is 0.347 e. The van der Waals surface area contributed by atoms with Crippen LogP contribution in [0.25, 0.3) is 10.8 Å². The van der Waals surface area contributed by atoms with Crippen LogP contribution in [0.4, 0.5) is 21.0 Å². The van der Waals surface area contributed by atoms with Crippen LogP contribution in [-0.4, -0.2) is 62.7 Å². The van der Waals surface area contributed by atoms with Crippen molar-refractivity contribution in [3.05, 3.63) is 101 Å². The molecule has 0 spiro atoms. The van der Waals surface area contributed by atoms with Crippen molar-refractivity contribution >= 4 is 69.5 Å². The van der Waals surface area contributed by atoms with Crippen molar-refractivity contribution in [1.29, 1.82) is 0 Å². The number of urea groups is 2. The highest BCUT2D eigenvalue weighted by atomic mass is 35.5. The molecule has 244 valence electrons. The number of phenolic OH excluding ortho intramolecular Hbond substituents is 1. The number of fused-ring (bicyclic) bond motifs is 1. The summed E-state index contributed by atoms with van der Waals surface area (Å²) in [6.07, 6.45) is 1.33. The van der Waals surface area contributed by atoms with Gasteiger partial charge in [-0.05, 0) is 92.1 Å². The van der Waals surface area contributed by atoms with Crippen LogP contribution in [-0.2, 0) is 4.79 Å². The number of anilines is 2. The number of nitrogens with zero attached hydrogens (tertiary/aromatic N) is 4. The summed E-state index contributed by atoms with van der Waals surface area (Å²) in [6, 6.07) is 22.6. The molecular formula is C34H34Cl2N6O5. The number of hydrazone groups is 1. The number of nitrogens with one attached hydrogen (secondary N) is 2. The third kappa shape index (κ3) is 7.43. The van der Waals surface area contributed by atoms with E-state index in [1.165, 1.54) is 11.1 Å². The van der Waals surface area contributed by atoms with Crippen LogP contribution in [0, 0.1) is 0 Å². The van der Waals surface area contributed by atoms with Crippen molar-refractivity contribution in [3.8, 4) is 5.75 Å². The van der Waals surface area contributed by atoms with E-state index < -0.39 is 23.8 Å². The molecule has 0 radical (unpaired) electrons. The molecule has 0 saturated carbocycles. The zero-order chi connectivity index (χ0) is 33.7. The normalized spacial score (nSPS) is 15.8. The molecule has 1 atom stereocenters. The molecule has 1 saturated heterocycles. The third-order valence-corrected chi connectivity index (χ3v) is 8.52. The van der Waals surface area contributed by atoms with Crippen molar-refractivity contribution in [3.63, 3.8) is 0 Å². The summed E-state index contributed by atoms with van der Waals surface area (Å²) in [4.78, 5) is 42.5. The molecule has 4 N–H and O–H groups in total. The molecular weight excluding hydrogens is 643 g/mol. The second-order valence-electron chi connectivity index (χ2n) is 11.6.